The average molecular weight is 831 g/mol. The maximum atomic E-state index is 3.81. The van der Waals surface area contributed by atoms with Crippen molar-refractivity contribution in [2.24, 2.45) is 0 Å². The van der Waals surface area contributed by atoms with Crippen LogP contribution in [-0.4, -0.2) is 3.21 Å². The summed E-state index contributed by atoms with van der Waals surface area (Å²) in [5.41, 5.74) is 11.6. The number of benzene rings is 4. The van der Waals surface area contributed by atoms with Crippen LogP contribution >= 0.6 is 56.7 Å². The molecule has 4 aromatic rings. The summed E-state index contributed by atoms with van der Waals surface area (Å²) in [6.07, 6.45) is 8.16. The summed E-state index contributed by atoms with van der Waals surface area (Å²) >= 11 is 4.91. The Morgan fingerprint density at radius 3 is 1.52 bits per heavy atom. The Morgan fingerprint density at radius 2 is 1.14 bits per heavy atom. The van der Waals surface area contributed by atoms with Crippen molar-refractivity contribution in [2.75, 3.05) is 0 Å². The summed E-state index contributed by atoms with van der Waals surface area (Å²) in [6, 6.07) is 32.8. The number of hydrogen-bond donors (Lipinski definition) is 0. The van der Waals surface area contributed by atoms with Gasteiger partial charge in [0.25, 0.3) is 0 Å². The molecule has 0 spiro atoms. The average Bonchev–Trinajstić information content (AvgIpc) is 3.57. The quantitative estimate of drug-likeness (QED) is 0.192. The molecule has 0 fully saturated rings. The van der Waals surface area contributed by atoms with Crippen LogP contribution in [0, 0.1) is 0 Å². The number of hydrogen-bond acceptors (Lipinski definition) is 0. The summed E-state index contributed by atoms with van der Waals surface area (Å²) in [6.45, 7) is 14.0. The monoisotopic (exact) mass is 826 g/mol. The van der Waals surface area contributed by atoms with E-state index in [-0.39, 0.29) is 35.6 Å². The Morgan fingerprint density at radius 1 is 0.659 bits per heavy atom. The molecule has 0 saturated carbocycles. The summed E-state index contributed by atoms with van der Waals surface area (Å²) in [5, 5.41) is 0. The van der Waals surface area contributed by atoms with Gasteiger partial charge >= 0.3 is 279 Å². The first-order chi connectivity index (χ1) is 19.9. The zero-order valence-corrected chi connectivity index (χ0v) is 33.4. The third-order valence-corrected chi connectivity index (χ3v) is 17.9. The Labute approximate surface area is 300 Å². The van der Waals surface area contributed by atoms with Crippen LogP contribution in [0.4, 0.5) is 0 Å². The molecule has 0 saturated heterocycles. The van der Waals surface area contributed by atoms with Crippen LogP contribution in [0.2, 0.25) is 0 Å². The summed E-state index contributed by atoms with van der Waals surface area (Å²) in [5.74, 6) is 0. The predicted molar refractivity (Wildman–Crippen MR) is 199 cm³/mol. The zero-order chi connectivity index (χ0) is 29.8. The molecular weight excluding hydrogens is 790 g/mol. The molecule has 0 aliphatic heterocycles. The van der Waals surface area contributed by atoms with E-state index in [1.807, 2.05) is 0 Å². The van der Waals surface area contributed by atoms with Crippen molar-refractivity contribution >= 4 is 59.9 Å². The fourth-order valence-electron chi connectivity index (χ4n) is 6.40. The van der Waals surface area contributed by atoms with Crippen molar-refractivity contribution in [1.29, 1.82) is 0 Å². The van der Waals surface area contributed by atoms with E-state index in [0.717, 1.165) is 15.4 Å². The van der Waals surface area contributed by atoms with Crippen LogP contribution in [0.3, 0.4) is 0 Å². The van der Waals surface area contributed by atoms with E-state index in [2.05, 4.69) is 177 Å². The smallest absolute Gasteiger partial charge is 0.147 e. The molecule has 0 heterocycles. The topological polar surface area (TPSA) is 0 Å². The van der Waals surface area contributed by atoms with Gasteiger partial charge in [-0.05, 0) is 0 Å². The van der Waals surface area contributed by atoms with Crippen LogP contribution in [0.1, 0.15) is 85.0 Å². The molecule has 0 aromatic heterocycles. The molecule has 2 aliphatic carbocycles. The Balaban J connectivity index is 0.00000221. The second-order valence-corrected chi connectivity index (χ2v) is 21.8. The molecular formula is C39H40Br2Cl2Zr. The second-order valence-electron chi connectivity index (χ2n) is 13.7. The van der Waals surface area contributed by atoms with Crippen molar-refractivity contribution in [3.8, 4) is 11.1 Å². The second kappa shape index (κ2) is 13.8. The van der Waals surface area contributed by atoms with Gasteiger partial charge in [-0.15, -0.1) is 24.8 Å². The Bertz CT molecular complexity index is 1690. The zero-order valence-electron chi connectivity index (χ0n) is 26.2. The number of rotatable bonds is 4. The standard InChI is InChI=1S/C21H25.C13H8Br2.C5H5.2ClH.Zr/c1-20(2,3)16-9-7-14-11-15-8-10-17(21(4,5)6)13-19(15)18(14)12-16;14-12-5-1-3-10(8-12)7-11-4-2-6-13(15)9-11;1-2-4-5-3-1;;;/h7-13H,1-6H3;1-6,8-9H;1-3H,4H2;2*1H;. The van der Waals surface area contributed by atoms with Gasteiger partial charge in [-0.2, -0.15) is 0 Å². The molecule has 44 heavy (non-hydrogen) atoms. The molecule has 0 radical (unpaired) electrons. The molecule has 0 nitrogen and oxygen atoms in total. The molecule has 4 aromatic carbocycles. The third-order valence-electron chi connectivity index (χ3n) is 8.65. The van der Waals surface area contributed by atoms with E-state index in [9.17, 15) is 0 Å². The fourth-order valence-corrected chi connectivity index (χ4v) is 16.2. The van der Waals surface area contributed by atoms with Crippen molar-refractivity contribution < 1.29 is 21.3 Å². The molecule has 0 amide bonds. The van der Waals surface area contributed by atoms with Crippen LogP contribution in [0.5, 0.6) is 0 Å². The van der Waals surface area contributed by atoms with Gasteiger partial charge in [0.15, 0.2) is 0 Å². The van der Waals surface area contributed by atoms with Crippen molar-refractivity contribution in [2.45, 2.75) is 62.4 Å². The van der Waals surface area contributed by atoms with E-state index in [1.54, 1.807) is 6.49 Å². The van der Waals surface area contributed by atoms with E-state index in [0.29, 0.717) is 3.63 Å². The molecule has 228 valence electrons. The van der Waals surface area contributed by atoms with Crippen LogP contribution < -0.4 is 0 Å². The maximum absolute atomic E-state index is 3.81. The summed E-state index contributed by atoms with van der Waals surface area (Å²) in [7, 11) is 0. The van der Waals surface area contributed by atoms with Gasteiger partial charge in [0.05, 0.1) is 0 Å². The van der Waals surface area contributed by atoms with Crippen LogP contribution in [-0.2, 0) is 32.1 Å². The summed E-state index contributed by atoms with van der Waals surface area (Å²) < 4.78 is 5.89. The molecule has 0 atom stereocenters. The van der Waals surface area contributed by atoms with E-state index >= 15 is 0 Å². The normalized spacial score (nSPS) is 13.9. The van der Waals surface area contributed by atoms with E-state index in [1.165, 1.54) is 44.5 Å². The predicted octanol–water partition coefficient (Wildman–Crippen LogP) is 12.5. The Hall–Kier alpha value is -1.35. The number of fused-ring (bicyclic) bond motifs is 3. The van der Waals surface area contributed by atoms with Crippen LogP contribution in [0.25, 0.3) is 11.1 Å². The molecule has 5 heteroatoms. The number of allylic oxidation sites excluding steroid dienone is 4. The van der Waals surface area contributed by atoms with Gasteiger partial charge in [0.1, 0.15) is 0 Å². The molecule has 2 aliphatic rings. The van der Waals surface area contributed by atoms with Gasteiger partial charge in [-0.3, -0.25) is 0 Å². The number of halogens is 4. The first-order valence-electron chi connectivity index (χ1n) is 14.8. The molecule has 0 N–H and O–H groups in total. The van der Waals surface area contributed by atoms with Crippen molar-refractivity contribution in [1.82, 2.24) is 0 Å². The molecule has 6 rings (SSSR count). The van der Waals surface area contributed by atoms with E-state index < -0.39 is 21.3 Å². The maximum Gasteiger partial charge on any atom is -0.147 e. The van der Waals surface area contributed by atoms with Crippen LogP contribution in [0.15, 0.2) is 115 Å². The van der Waals surface area contributed by atoms with Crippen molar-refractivity contribution in [3.63, 3.8) is 0 Å². The van der Waals surface area contributed by atoms with Gasteiger partial charge < -0.3 is 0 Å². The van der Waals surface area contributed by atoms with Gasteiger partial charge in [-0.1, -0.05) is 0 Å². The van der Waals surface area contributed by atoms with Gasteiger partial charge in [-0.25, -0.2) is 0 Å². The summed E-state index contributed by atoms with van der Waals surface area (Å²) in [4.78, 5) is 0. The molecule has 0 unspecified atom stereocenters. The third kappa shape index (κ3) is 6.99. The van der Waals surface area contributed by atoms with Crippen molar-refractivity contribution in [3.05, 3.63) is 149 Å². The van der Waals surface area contributed by atoms with Gasteiger partial charge in [0, 0.05) is 0 Å². The minimum Gasteiger partial charge on any atom is -0.147 e. The SMILES string of the molecule is CC(C)(C)c1ccc2c(c1)-c1cc(C(C)(C)C)ccc1[CH]2[Zr]([C]1=CC=CC1)=[C](c1cccc(Br)c1)c1cccc(Br)c1.Cl.Cl. The van der Waals surface area contributed by atoms with E-state index in [4.69, 9.17) is 0 Å². The minimum absolute atomic E-state index is 0. The first-order valence-corrected chi connectivity index (χ1v) is 20.3. The first kappa shape index (κ1) is 35.5. The fraction of sp³-hybridized carbons (Fsp3) is 0.256. The minimum atomic E-state index is -2.71. The largest absolute Gasteiger partial charge is 0.147 e. The molecule has 0 bridgehead atoms. The Kier molecular flexibility index (Phi) is 11.1. The van der Waals surface area contributed by atoms with Gasteiger partial charge in [0.2, 0.25) is 0 Å².